The SMILES string of the molecule is COC(=O)Cn1c(Cc2ccccc2C)nc2ccccc21. The molecule has 1 heterocycles. The zero-order chi connectivity index (χ0) is 15.5. The molecule has 112 valence electrons. The summed E-state index contributed by atoms with van der Waals surface area (Å²) in [6.07, 6.45) is 0.693. The van der Waals surface area contributed by atoms with Crippen molar-refractivity contribution < 1.29 is 9.53 Å². The summed E-state index contributed by atoms with van der Waals surface area (Å²) < 4.78 is 6.75. The summed E-state index contributed by atoms with van der Waals surface area (Å²) in [5, 5.41) is 0. The second-order valence-electron chi connectivity index (χ2n) is 5.28. The van der Waals surface area contributed by atoms with Crippen molar-refractivity contribution in [3.63, 3.8) is 0 Å². The van der Waals surface area contributed by atoms with Gasteiger partial charge in [0.1, 0.15) is 12.4 Å². The Kier molecular flexibility index (Phi) is 3.92. The number of esters is 1. The van der Waals surface area contributed by atoms with Crippen LogP contribution >= 0.6 is 0 Å². The van der Waals surface area contributed by atoms with Crippen LogP contribution in [0, 0.1) is 6.92 Å². The summed E-state index contributed by atoms with van der Waals surface area (Å²) in [4.78, 5) is 16.4. The van der Waals surface area contributed by atoms with E-state index in [9.17, 15) is 4.79 Å². The molecule has 0 aliphatic rings. The van der Waals surface area contributed by atoms with E-state index in [4.69, 9.17) is 9.72 Å². The van der Waals surface area contributed by atoms with Gasteiger partial charge in [-0.3, -0.25) is 4.79 Å². The molecule has 2 aromatic carbocycles. The summed E-state index contributed by atoms with van der Waals surface area (Å²) in [5.41, 5.74) is 4.29. The Balaban J connectivity index is 2.06. The molecule has 0 aliphatic carbocycles. The highest BCUT2D eigenvalue weighted by molar-refractivity contribution is 5.79. The van der Waals surface area contributed by atoms with Crippen LogP contribution in [0.4, 0.5) is 0 Å². The van der Waals surface area contributed by atoms with Crippen molar-refractivity contribution in [2.24, 2.45) is 0 Å². The van der Waals surface area contributed by atoms with Crippen LogP contribution in [0.3, 0.4) is 0 Å². The Morgan fingerprint density at radius 1 is 1.14 bits per heavy atom. The lowest BCUT2D eigenvalue weighted by atomic mass is 10.1. The van der Waals surface area contributed by atoms with Gasteiger partial charge in [0, 0.05) is 6.42 Å². The van der Waals surface area contributed by atoms with E-state index in [1.54, 1.807) is 0 Å². The lowest BCUT2D eigenvalue weighted by molar-refractivity contribution is -0.141. The van der Waals surface area contributed by atoms with Crippen LogP contribution in [0.15, 0.2) is 48.5 Å². The fourth-order valence-corrected chi connectivity index (χ4v) is 2.61. The highest BCUT2D eigenvalue weighted by Crippen LogP contribution is 2.20. The van der Waals surface area contributed by atoms with Crippen molar-refractivity contribution in [1.82, 2.24) is 9.55 Å². The predicted octanol–water partition coefficient (Wildman–Crippen LogP) is 3.11. The number of aryl methyl sites for hydroxylation is 1. The molecule has 0 unspecified atom stereocenters. The quantitative estimate of drug-likeness (QED) is 0.694. The van der Waals surface area contributed by atoms with E-state index >= 15 is 0 Å². The third kappa shape index (κ3) is 2.72. The van der Waals surface area contributed by atoms with Gasteiger partial charge in [-0.15, -0.1) is 0 Å². The molecule has 1 aromatic heterocycles. The number of fused-ring (bicyclic) bond motifs is 1. The number of carbonyl (C=O) groups excluding carboxylic acids is 1. The van der Waals surface area contributed by atoms with Gasteiger partial charge in [0.15, 0.2) is 0 Å². The van der Waals surface area contributed by atoms with Crippen LogP contribution in [0.5, 0.6) is 0 Å². The van der Waals surface area contributed by atoms with Gasteiger partial charge in [-0.2, -0.15) is 0 Å². The standard InChI is InChI=1S/C18H18N2O2/c1-13-7-3-4-8-14(13)11-17-19-15-9-5-6-10-16(15)20(17)12-18(21)22-2/h3-10H,11-12H2,1-2H3. The molecule has 3 rings (SSSR count). The van der Waals surface area contributed by atoms with Crippen molar-refractivity contribution in [1.29, 1.82) is 0 Å². The number of hydrogen-bond donors (Lipinski definition) is 0. The molecule has 0 amide bonds. The lowest BCUT2D eigenvalue weighted by Crippen LogP contribution is -2.14. The van der Waals surface area contributed by atoms with E-state index in [0.29, 0.717) is 6.42 Å². The summed E-state index contributed by atoms with van der Waals surface area (Å²) in [7, 11) is 1.41. The molecule has 0 saturated heterocycles. The highest BCUT2D eigenvalue weighted by Gasteiger charge is 2.14. The summed E-state index contributed by atoms with van der Waals surface area (Å²) >= 11 is 0. The van der Waals surface area contributed by atoms with Gasteiger partial charge in [-0.05, 0) is 30.2 Å². The zero-order valence-electron chi connectivity index (χ0n) is 12.7. The number of ether oxygens (including phenoxy) is 1. The molecule has 0 fully saturated rings. The molecule has 4 nitrogen and oxygen atoms in total. The van der Waals surface area contributed by atoms with Crippen LogP contribution in [0.2, 0.25) is 0 Å². The van der Waals surface area contributed by atoms with Crippen LogP contribution in [0.1, 0.15) is 17.0 Å². The molecule has 0 N–H and O–H groups in total. The first-order valence-corrected chi connectivity index (χ1v) is 7.24. The number of benzene rings is 2. The minimum absolute atomic E-state index is 0.179. The van der Waals surface area contributed by atoms with Gasteiger partial charge in [0.05, 0.1) is 18.1 Å². The molecule has 4 heteroatoms. The molecule has 0 radical (unpaired) electrons. The number of hydrogen-bond acceptors (Lipinski definition) is 3. The Morgan fingerprint density at radius 2 is 1.86 bits per heavy atom. The van der Waals surface area contributed by atoms with Crippen molar-refractivity contribution in [2.45, 2.75) is 19.9 Å². The number of methoxy groups -OCH3 is 1. The van der Waals surface area contributed by atoms with Gasteiger partial charge in [0.2, 0.25) is 0 Å². The maximum Gasteiger partial charge on any atom is 0.325 e. The van der Waals surface area contributed by atoms with Crippen molar-refractivity contribution in [3.05, 3.63) is 65.5 Å². The van der Waals surface area contributed by atoms with E-state index in [1.807, 2.05) is 41.0 Å². The van der Waals surface area contributed by atoms with Gasteiger partial charge in [-0.1, -0.05) is 36.4 Å². The molecule has 22 heavy (non-hydrogen) atoms. The summed E-state index contributed by atoms with van der Waals surface area (Å²) in [6, 6.07) is 16.1. The number of rotatable bonds is 4. The molecule has 0 spiro atoms. The third-order valence-corrected chi connectivity index (χ3v) is 3.86. The number of carbonyl (C=O) groups is 1. The van der Waals surface area contributed by atoms with E-state index in [-0.39, 0.29) is 12.5 Å². The van der Waals surface area contributed by atoms with E-state index in [0.717, 1.165) is 16.9 Å². The normalized spacial score (nSPS) is 10.8. The topological polar surface area (TPSA) is 44.1 Å². The zero-order valence-corrected chi connectivity index (χ0v) is 12.7. The van der Waals surface area contributed by atoms with Gasteiger partial charge in [0.25, 0.3) is 0 Å². The fraction of sp³-hybridized carbons (Fsp3) is 0.222. The Labute approximate surface area is 129 Å². The lowest BCUT2D eigenvalue weighted by Gasteiger charge is -2.09. The number of aromatic nitrogens is 2. The minimum Gasteiger partial charge on any atom is -0.468 e. The molecular weight excluding hydrogens is 276 g/mol. The Hall–Kier alpha value is -2.62. The Bertz CT molecular complexity index is 821. The minimum atomic E-state index is -0.269. The van der Waals surface area contributed by atoms with E-state index in [2.05, 4.69) is 19.1 Å². The van der Waals surface area contributed by atoms with Crippen molar-refractivity contribution in [2.75, 3.05) is 7.11 Å². The maximum absolute atomic E-state index is 11.7. The largest absolute Gasteiger partial charge is 0.468 e. The number of nitrogens with zero attached hydrogens (tertiary/aromatic N) is 2. The second-order valence-corrected chi connectivity index (χ2v) is 5.28. The first kappa shape index (κ1) is 14.3. The maximum atomic E-state index is 11.7. The monoisotopic (exact) mass is 294 g/mol. The van der Waals surface area contributed by atoms with E-state index < -0.39 is 0 Å². The van der Waals surface area contributed by atoms with Crippen LogP contribution in [-0.4, -0.2) is 22.6 Å². The van der Waals surface area contributed by atoms with Crippen LogP contribution in [-0.2, 0) is 22.5 Å². The Morgan fingerprint density at radius 3 is 2.64 bits per heavy atom. The van der Waals surface area contributed by atoms with Gasteiger partial charge >= 0.3 is 5.97 Å². The first-order chi connectivity index (χ1) is 10.7. The van der Waals surface area contributed by atoms with Gasteiger partial charge < -0.3 is 9.30 Å². The molecule has 0 aliphatic heterocycles. The van der Waals surface area contributed by atoms with Crippen molar-refractivity contribution >= 4 is 17.0 Å². The summed E-state index contributed by atoms with van der Waals surface area (Å²) in [6.45, 7) is 2.26. The fourth-order valence-electron chi connectivity index (χ4n) is 2.61. The second kappa shape index (κ2) is 6.02. The smallest absolute Gasteiger partial charge is 0.325 e. The molecular formula is C18H18N2O2. The highest BCUT2D eigenvalue weighted by atomic mass is 16.5. The molecule has 0 saturated carbocycles. The van der Waals surface area contributed by atoms with E-state index in [1.165, 1.54) is 18.2 Å². The average Bonchev–Trinajstić information content (AvgIpc) is 2.87. The van der Waals surface area contributed by atoms with Gasteiger partial charge in [-0.25, -0.2) is 4.98 Å². The molecule has 0 bridgehead atoms. The number of para-hydroxylation sites is 2. The third-order valence-electron chi connectivity index (χ3n) is 3.86. The predicted molar refractivity (Wildman–Crippen MR) is 85.7 cm³/mol. The number of imidazole rings is 1. The summed E-state index contributed by atoms with van der Waals surface area (Å²) in [5.74, 6) is 0.607. The van der Waals surface area contributed by atoms with Crippen LogP contribution < -0.4 is 0 Å². The molecule has 0 atom stereocenters. The average molecular weight is 294 g/mol. The molecule has 3 aromatic rings. The first-order valence-electron chi connectivity index (χ1n) is 7.24. The van der Waals surface area contributed by atoms with Crippen molar-refractivity contribution in [3.8, 4) is 0 Å². The van der Waals surface area contributed by atoms with Crippen LogP contribution in [0.25, 0.3) is 11.0 Å².